The van der Waals surface area contributed by atoms with Gasteiger partial charge in [0.25, 0.3) is 0 Å². The molecule has 0 saturated carbocycles. The predicted molar refractivity (Wildman–Crippen MR) is 70.4 cm³/mol. The van der Waals surface area contributed by atoms with Crippen molar-refractivity contribution in [3.8, 4) is 5.75 Å². The van der Waals surface area contributed by atoms with Crippen molar-refractivity contribution < 1.29 is 4.74 Å². The molecule has 90 valence electrons. The largest absolute Gasteiger partial charge is 0.487 e. The first-order chi connectivity index (χ1) is 8.81. The van der Waals surface area contributed by atoms with Gasteiger partial charge >= 0.3 is 0 Å². The SMILES string of the molecule is Nc1cccc(OCc2cn3ccccc3n2)c1. The molecule has 0 spiro atoms. The summed E-state index contributed by atoms with van der Waals surface area (Å²) in [5.41, 5.74) is 8.20. The van der Waals surface area contributed by atoms with E-state index in [2.05, 4.69) is 4.98 Å². The van der Waals surface area contributed by atoms with Gasteiger partial charge in [0.1, 0.15) is 18.0 Å². The van der Waals surface area contributed by atoms with E-state index in [-0.39, 0.29) is 0 Å². The molecule has 1 aromatic carbocycles. The number of aromatic nitrogens is 2. The molecule has 0 bridgehead atoms. The van der Waals surface area contributed by atoms with Crippen molar-refractivity contribution in [3.63, 3.8) is 0 Å². The molecule has 0 saturated heterocycles. The summed E-state index contributed by atoms with van der Waals surface area (Å²) in [5, 5.41) is 0. The molecule has 4 nitrogen and oxygen atoms in total. The molecule has 2 heterocycles. The average Bonchev–Trinajstić information content (AvgIpc) is 2.79. The Labute approximate surface area is 105 Å². The van der Waals surface area contributed by atoms with Crippen molar-refractivity contribution >= 4 is 11.3 Å². The summed E-state index contributed by atoms with van der Waals surface area (Å²) in [6.45, 7) is 0.436. The number of rotatable bonds is 3. The smallest absolute Gasteiger partial charge is 0.137 e. The number of pyridine rings is 1. The van der Waals surface area contributed by atoms with Crippen LogP contribution in [0.2, 0.25) is 0 Å². The summed E-state index contributed by atoms with van der Waals surface area (Å²) < 4.78 is 7.62. The van der Waals surface area contributed by atoms with Crippen LogP contribution in [0.15, 0.2) is 54.9 Å². The normalized spacial score (nSPS) is 10.7. The fourth-order valence-corrected chi connectivity index (χ4v) is 1.82. The van der Waals surface area contributed by atoms with Gasteiger partial charge in [-0.25, -0.2) is 4.98 Å². The van der Waals surface area contributed by atoms with Crippen LogP contribution in [0.1, 0.15) is 5.69 Å². The van der Waals surface area contributed by atoms with Gasteiger partial charge < -0.3 is 14.9 Å². The lowest BCUT2D eigenvalue weighted by atomic mass is 10.3. The summed E-state index contributed by atoms with van der Waals surface area (Å²) in [4.78, 5) is 4.46. The molecule has 0 aliphatic rings. The number of nitrogens with two attached hydrogens (primary N) is 1. The monoisotopic (exact) mass is 239 g/mol. The van der Waals surface area contributed by atoms with E-state index in [0.29, 0.717) is 12.3 Å². The summed E-state index contributed by atoms with van der Waals surface area (Å²) in [5.74, 6) is 0.757. The average molecular weight is 239 g/mol. The van der Waals surface area contributed by atoms with Crippen molar-refractivity contribution in [1.82, 2.24) is 9.38 Å². The maximum absolute atomic E-state index is 5.69. The van der Waals surface area contributed by atoms with Crippen LogP contribution in [0.3, 0.4) is 0 Å². The first kappa shape index (κ1) is 10.7. The van der Waals surface area contributed by atoms with E-state index >= 15 is 0 Å². The van der Waals surface area contributed by atoms with E-state index in [9.17, 15) is 0 Å². The van der Waals surface area contributed by atoms with Crippen LogP contribution < -0.4 is 10.5 Å². The lowest BCUT2D eigenvalue weighted by molar-refractivity contribution is 0.302. The minimum atomic E-state index is 0.436. The zero-order valence-corrected chi connectivity index (χ0v) is 9.78. The molecule has 3 aromatic rings. The van der Waals surface area contributed by atoms with Crippen molar-refractivity contribution in [3.05, 3.63) is 60.6 Å². The molecule has 0 aliphatic carbocycles. The molecule has 18 heavy (non-hydrogen) atoms. The molecule has 2 aromatic heterocycles. The third-order valence-corrected chi connectivity index (χ3v) is 2.66. The first-order valence-corrected chi connectivity index (χ1v) is 5.72. The van der Waals surface area contributed by atoms with E-state index in [4.69, 9.17) is 10.5 Å². The number of imidazole rings is 1. The van der Waals surface area contributed by atoms with E-state index in [1.165, 1.54) is 0 Å². The molecule has 0 atom stereocenters. The van der Waals surface area contributed by atoms with Crippen molar-refractivity contribution in [2.75, 3.05) is 5.73 Å². The minimum Gasteiger partial charge on any atom is -0.487 e. The number of nitrogen functional groups attached to an aromatic ring is 1. The summed E-state index contributed by atoms with van der Waals surface area (Å²) >= 11 is 0. The first-order valence-electron chi connectivity index (χ1n) is 5.72. The van der Waals surface area contributed by atoms with Crippen LogP contribution in [0, 0.1) is 0 Å². The van der Waals surface area contributed by atoms with Crippen LogP contribution in [0.4, 0.5) is 5.69 Å². The summed E-state index contributed by atoms with van der Waals surface area (Å²) in [7, 11) is 0. The standard InChI is InChI=1S/C14H13N3O/c15-11-4-3-5-13(8-11)18-10-12-9-17-7-2-1-6-14(17)16-12/h1-9H,10,15H2. The minimum absolute atomic E-state index is 0.436. The molecular formula is C14H13N3O. The zero-order chi connectivity index (χ0) is 12.4. The molecule has 0 unspecified atom stereocenters. The van der Waals surface area contributed by atoms with Gasteiger partial charge in [0.05, 0.1) is 5.69 Å². The van der Waals surface area contributed by atoms with Gasteiger partial charge in [0.15, 0.2) is 0 Å². The number of fused-ring (bicyclic) bond motifs is 1. The number of nitrogens with zero attached hydrogens (tertiary/aromatic N) is 2. The molecule has 4 heteroatoms. The van der Waals surface area contributed by atoms with Gasteiger partial charge in [-0.15, -0.1) is 0 Å². The maximum atomic E-state index is 5.69. The molecule has 2 N–H and O–H groups in total. The predicted octanol–water partition coefficient (Wildman–Crippen LogP) is 2.50. The second kappa shape index (κ2) is 4.41. The van der Waals surface area contributed by atoms with Crippen LogP contribution in [0.25, 0.3) is 5.65 Å². The number of hydrogen-bond acceptors (Lipinski definition) is 3. The lowest BCUT2D eigenvalue weighted by Gasteiger charge is -2.04. The van der Waals surface area contributed by atoms with E-state index in [1.807, 2.05) is 53.2 Å². The van der Waals surface area contributed by atoms with Gasteiger partial charge in [-0.05, 0) is 24.3 Å². The highest BCUT2D eigenvalue weighted by molar-refractivity contribution is 5.43. The van der Waals surface area contributed by atoms with Crippen molar-refractivity contribution in [2.24, 2.45) is 0 Å². The van der Waals surface area contributed by atoms with Crippen LogP contribution in [0.5, 0.6) is 5.75 Å². The van der Waals surface area contributed by atoms with E-state index < -0.39 is 0 Å². The molecule has 0 fully saturated rings. The Morgan fingerprint density at radius 1 is 1.17 bits per heavy atom. The fourth-order valence-electron chi connectivity index (χ4n) is 1.82. The number of ether oxygens (including phenoxy) is 1. The van der Waals surface area contributed by atoms with Gasteiger partial charge in [-0.2, -0.15) is 0 Å². The highest BCUT2D eigenvalue weighted by Gasteiger charge is 2.02. The Bertz CT molecular complexity index is 642. The quantitative estimate of drug-likeness (QED) is 0.714. The molecule has 3 rings (SSSR count). The Balaban J connectivity index is 1.76. The summed E-state index contributed by atoms with van der Waals surface area (Å²) in [6.07, 6.45) is 3.92. The summed E-state index contributed by atoms with van der Waals surface area (Å²) in [6, 6.07) is 13.3. The fraction of sp³-hybridized carbons (Fsp3) is 0.0714. The second-order valence-corrected chi connectivity index (χ2v) is 4.06. The highest BCUT2D eigenvalue weighted by Crippen LogP contribution is 2.16. The van der Waals surface area contributed by atoms with Gasteiger partial charge in [0.2, 0.25) is 0 Å². The Hall–Kier alpha value is -2.49. The second-order valence-electron chi connectivity index (χ2n) is 4.06. The molecular weight excluding hydrogens is 226 g/mol. The van der Waals surface area contributed by atoms with Crippen molar-refractivity contribution in [2.45, 2.75) is 6.61 Å². The third kappa shape index (κ3) is 2.13. The molecule has 0 amide bonds. The van der Waals surface area contributed by atoms with Gasteiger partial charge in [-0.3, -0.25) is 0 Å². The lowest BCUT2D eigenvalue weighted by Crippen LogP contribution is -1.96. The van der Waals surface area contributed by atoms with Crippen LogP contribution >= 0.6 is 0 Å². The molecule has 0 aliphatic heterocycles. The third-order valence-electron chi connectivity index (χ3n) is 2.66. The number of benzene rings is 1. The Morgan fingerprint density at radius 3 is 2.94 bits per heavy atom. The topological polar surface area (TPSA) is 52.5 Å². The van der Waals surface area contributed by atoms with E-state index in [1.54, 1.807) is 6.07 Å². The van der Waals surface area contributed by atoms with Gasteiger partial charge in [0, 0.05) is 24.1 Å². The van der Waals surface area contributed by atoms with Crippen LogP contribution in [-0.4, -0.2) is 9.38 Å². The Kier molecular flexibility index (Phi) is 2.61. The zero-order valence-electron chi connectivity index (χ0n) is 9.78. The van der Waals surface area contributed by atoms with Crippen molar-refractivity contribution in [1.29, 1.82) is 0 Å². The van der Waals surface area contributed by atoms with E-state index in [0.717, 1.165) is 17.1 Å². The van der Waals surface area contributed by atoms with Crippen LogP contribution in [-0.2, 0) is 6.61 Å². The number of anilines is 1. The Morgan fingerprint density at radius 2 is 2.11 bits per heavy atom. The maximum Gasteiger partial charge on any atom is 0.137 e. The van der Waals surface area contributed by atoms with Gasteiger partial charge in [-0.1, -0.05) is 12.1 Å². The number of hydrogen-bond donors (Lipinski definition) is 1. The molecule has 0 radical (unpaired) electrons. The highest BCUT2D eigenvalue weighted by atomic mass is 16.5.